The van der Waals surface area contributed by atoms with Gasteiger partial charge in [0.25, 0.3) is 0 Å². The molecule has 112 valence electrons. The second-order valence-electron chi connectivity index (χ2n) is 5.49. The van der Waals surface area contributed by atoms with Crippen LogP contribution in [0.4, 0.5) is 5.69 Å². The highest BCUT2D eigenvalue weighted by Gasteiger charge is 2.16. The van der Waals surface area contributed by atoms with Crippen LogP contribution in [0.1, 0.15) is 0 Å². The molecule has 1 aliphatic rings. The number of hydrogen-bond acceptors (Lipinski definition) is 3. The molecule has 1 saturated heterocycles. The third kappa shape index (κ3) is 3.25. The second kappa shape index (κ2) is 6.54. The molecule has 1 heterocycles. The Kier molecular flexibility index (Phi) is 4.51. The van der Waals surface area contributed by atoms with Gasteiger partial charge in [0.1, 0.15) is 12.4 Å². The summed E-state index contributed by atoms with van der Waals surface area (Å²) in [5.74, 6) is 1.41. The van der Waals surface area contributed by atoms with Crippen molar-refractivity contribution in [1.29, 1.82) is 0 Å². The number of hydrogen-bond donors (Lipinski definition) is 0. The average Bonchev–Trinajstić information content (AvgIpc) is 2.53. The highest BCUT2D eigenvalue weighted by Crippen LogP contribution is 2.30. The molecule has 3 nitrogen and oxygen atoms in total. The molecule has 21 heavy (non-hydrogen) atoms. The molecule has 2 aromatic rings. The van der Waals surface area contributed by atoms with Gasteiger partial charge in [-0.2, -0.15) is 0 Å². The minimum absolute atomic E-state index is 0.512. The summed E-state index contributed by atoms with van der Waals surface area (Å²) in [6.07, 6.45) is 0. The lowest BCUT2D eigenvalue weighted by Gasteiger charge is -2.34. The fourth-order valence-electron chi connectivity index (χ4n) is 2.80. The van der Waals surface area contributed by atoms with Crippen LogP contribution in [0.2, 0.25) is 0 Å². The van der Waals surface area contributed by atoms with E-state index in [2.05, 4.69) is 47.2 Å². The van der Waals surface area contributed by atoms with Crippen LogP contribution in [0, 0.1) is 0 Å². The molecule has 0 aliphatic carbocycles. The van der Waals surface area contributed by atoms with Crippen molar-refractivity contribution in [3.63, 3.8) is 0 Å². The van der Waals surface area contributed by atoms with Gasteiger partial charge in [0, 0.05) is 37.3 Å². The zero-order valence-electron chi connectivity index (χ0n) is 12.4. The Labute approximate surface area is 131 Å². The number of benzene rings is 2. The van der Waals surface area contributed by atoms with Gasteiger partial charge in [0.15, 0.2) is 0 Å². The maximum Gasteiger partial charge on any atom is 0.120 e. The van der Waals surface area contributed by atoms with Gasteiger partial charge in [0.2, 0.25) is 0 Å². The Morgan fingerprint density at radius 1 is 1.10 bits per heavy atom. The van der Waals surface area contributed by atoms with Gasteiger partial charge in [-0.25, -0.2) is 0 Å². The molecule has 1 aliphatic heterocycles. The number of piperazine rings is 1. The molecule has 0 bridgehead atoms. The van der Waals surface area contributed by atoms with E-state index in [9.17, 15) is 0 Å². The summed E-state index contributed by atoms with van der Waals surface area (Å²) in [7, 11) is 2.18. The van der Waals surface area contributed by atoms with Gasteiger partial charge < -0.3 is 14.5 Å². The predicted octanol–water partition coefficient (Wildman–Crippen LogP) is 3.21. The second-order valence-corrected chi connectivity index (χ2v) is 5.87. The van der Waals surface area contributed by atoms with Crippen LogP contribution in [0.25, 0.3) is 10.8 Å². The molecular weight excluding hydrogens is 284 g/mol. The normalized spacial score (nSPS) is 16.4. The number of fused-ring (bicyclic) bond motifs is 1. The third-order valence-electron chi connectivity index (χ3n) is 4.02. The highest BCUT2D eigenvalue weighted by atomic mass is 35.5. The molecule has 0 N–H and O–H groups in total. The van der Waals surface area contributed by atoms with Crippen molar-refractivity contribution in [3.05, 3.63) is 36.4 Å². The lowest BCUT2D eigenvalue weighted by molar-refractivity contribution is 0.313. The third-order valence-corrected chi connectivity index (χ3v) is 4.17. The van der Waals surface area contributed by atoms with E-state index >= 15 is 0 Å². The van der Waals surface area contributed by atoms with E-state index in [-0.39, 0.29) is 0 Å². The van der Waals surface area contributed by atoms with Crippen molar-refractivity contribution in [2.75, 3.05) is 50.6 Å². The number of halogens is 1. The monoisotopic (exact) mass is 304 g/mol. The fraction of sp³-hybridized carbons (Fsp3) is 0.412. The zero-order chi connectivity index (χ0) is 14.7. The maximum atomic E-state index is 5.70. The van der Waals surface area contributed by atoms with Crippen molar-refractivity contribution in [1.82, 2.24) is 4.90 Å². The SMILES string of the molecule is CN1CCN(c2cccc3ccc(OCCCl)cc23)CC1. The van der Waals surface area contributed by atoms with Crippen LogP contribution in [0.5, 0.6) is 5.75 Å². The van der Waals surface area contributed by atoms with Crippen LogP contribution in [-0.2, 0) is 0 Å². The van der Waals surface area contributed by atoms with E-state index in [0.717, 1.165) is 31.9 Å². The van der Waals surface area contributed by atoms with E-state index in [4.69, 9.17) is 16.3 Å². The van der Waals surface area contributed by atoms with Crippen LogP contribution in [0.15, 0.2) is 36.4 Å². The lowest BCUT2D eigenvalue weighted by Crippen LogP contribution is -2.44. The fourth-order valence-corrected chi connectivity index (χ4v) is 2.88. The van der Waals surface area contributed by atoms with Gasteiger partial charge >= 0.3 is 0 Å². The molecule has 1 fully saturated rings. The molecule has 0 amide bonds. The van der Waals surface area contributed by atoms with Crippen LogP contribution < -0.4 is 9.64 Å². The topological polar surface area (TPSA) is 15.7 Å². The molecule has 0 spiro atoms. The number of rotatable bonds is 4. The largest absolute Gasteiger partial charge is 0.492 e. The van der Waals surface area contributed by atoms with Crippen LogP contribution in [0.3, 0.4) is 0 Å². The minimum Gasteiger partial charge on any atom is -0.492 e. The Morgan fingerprint density at radius 2 is 1.90 bits per heavy atom. The molecular formula is C17H21ClN2O. The van der Waals surface area contributed by atoms with Crippen molar-refractivity contribution >= 4 is 28.1 Å². The summed E-state index contributed by atoms with van der Waals surface area (Å²) in [5, 5.41) is 2.51. The van der Waals surface area contributed by atoms with Crippen molar-refractivity contribution < 1.29 is 4.74 Å². The molecule has 2 aromatic carbocycles. The first kappa shape index (κ1) is 14.5. The summed E-state index contributed by atoms with van der Waals surface area (Å²) < 4.78 is 5.66. The summed E-state index contributed by atoms with van der Waals surface area (Å²) in [6, 6.07) is 12.8. The maximum absolute atomic E-state index is 5.70. The average molecular weight is 305 g/mol. The summed E-state index contributed by atoms with van der Waals surface area (Å²) in [4.78, 5) is 4.84. The quantitative estimate of drug-likeness (QED) is 0.807. The molecule has 0 atom stereocenters. The first-order valence-electron chi connectivity index (χ1n) is 7.43. The van der Waals surface area contributed by atoms with Gasteiger partial charge in [-0.3, -0.25) is 0 Å². The minimum atomic E-state index is 0.512. The van der Waals surface area contributed by atoms with Crippen LogP contribution >= 0.6 is 11.6 Å². The number of alkyl halides is 1. The lowest BCUT2D eigenvalue weighted by atomic mass is 10.1. The zero-order valence-corrected chi connectivity index (χ0v) is 13.1. The van der Waals surface area contributed by atoms with Gasteiger partial charge in [-0.15, -0.1) is 11.6 Å². The molecule has 0 unspecified atom stereocenters. The molecule has 0 saturated carbocycles. The van der Waals surface area contributed by atoms with Crippen LogP contribution in [-0.4, -0.2) is 50.6 Å². The van der Waals surface area contributed by atoms with E-state index in [1.165, 1.54) is 16.5 Å². The Bertz CT molecular complexity index is 609. The van der Waals surface area contributed by atoms with E-state index < -0.39 is 0 Å². The Balaban J connectivity index is 1.93. The van der Waals surface area contributed by atoms with Gasteiger partial charge in [-0.1, -0.05) is 18.2 Å². The molecule has 0 aromatic heterocycles. The number of likely N-dealkylation sites (N-methyl/N-ethyl adjacent to an activating group) is 1. The van der Waals surface area contributed by atoms with E-state index in [1.807, 2.05) is 6.07 Å². The van der Waals surface area contributed by atoms with E-state index in [0.29, 0.717) is 12.5 Å². The van der Waals surface area contributed by atoms with Crippen molar-refractivity contribution in [3.8, 4) is 5.75 Å². The summed E-state index contributed by atoms with van der Waals surface area (Å²) >= 11 is 5.70. The Hall–Kier alpha value is -1.45. The van der Waals surface area contributed by atoms with Crippen molar-refractivity contribution in [2.24, 2.45) is 0 Å². The first-order chi connectivity index (χ1) is 10.3. The van der Waals surface area contributed by atoms with Gasteiger partial charge in [-0.05, 0) is 30.6 Å². The van der Waals surface area contributed by atoms with E-state index in [1.54, 1.807) is 0 Å². The summed E-state index contributed by atoms with van der Waals surface area (Å²) in [5.41, 5.74) is 1.30. The highest BCUT2D eigenvalue weighted by molar-refractivity contribution is 6.18. The molecule has 0 radical (unpaired) electrons. The number of ether oxygens (including phenoxy) is 1. The summed E-state index contributed by atoms with van der Waals surface area (Å²) in [6.45, 7) is 4.91. The number of nitrogens with zero attached hydrogens (tertiary/aromatic N) is 2. The Morgan fingerprint density at radius 3 is 2.67 bits per heavy atom. The first-order valence-corrected chi connectivity index (χ1v) is 7.96. The predicted molar refractivity (Wildman–Crippen MR) is 89.9 cm³/mol. The smallest absolute Gasteiger partial charge is 0.120 e. The standard InChI is InChI=1S/C17H21ClN2O/c1-19-8-10-20(11-9-19)17-4-2-3-14-5-6-15(13-16(14)17)21-12-7-18/h2-6,13H,7-12H2,1H3. The van der Waals surface area contributed by atoms with Crippen molar-refractivity contribution in [2.45, 2.75) is 0 Å². The number of anilines is 1. The molecule has 3 rings (SSSR count). The molecule has 4 heteroatoms. The van der Waals surface area contributed by atoms with Gasteiger partial charge in [0.05, 0.1) is 5.88 Å².